The first kappa shape index (κ1) is 33.1. The number of hydrogen-bond donors (Lipinski definition) is 8. The maximum Gasteiger partial charge on any atom is 0.326 e. The second-order valence-electron chi connectivity index (χ2n) is 9.66. The van der Waals surface area contributed by atoms with Gasteiger partial charge < -0.3 is 44.0 Å². The molecule has 0 aliphatic heterocycles. The molecule has 0 radical (unpaired) electrons. The minimum Gasteiger partial charge on any atom is -0.480 e. The molecular weight excluding hydrogens is 468 g/mol. The SMILES string of the molecule is CC(C)CC(NC(=O)C(NC(=O)C(CCCN=C(N)N)NC(=O)C(N)CCCCN)C(C)C)C(=O)O. The van der Waals surface area contributed by atoms with Crippen LogP contribution in [-0.2, 0) is 19.2 Å². The van der Waals surface area contributed by atoms with Gasteiger partial charge in [0.15, 0.2) is 5.96 Å². The minimum atomic E-state index is -1.15. The van der Waals surface area contributed by atoms with Gasteiger partial charge in [-0.15, -0.1) is 0 Å². The molecule has 4 atom stereocenters. The smallest absolute Gasteiger partial charge is 0.326 e. The van der Waals surface area contributed by atoms with Gasteiger partial charge in [-0.3, -0.25) is 19.4 Å². The standard InChI is InChI=1S/C23H46N8O5/c1-13(2)12-17(22(35)36)30-21(34)18(14(3)4)31-20(33)16(9-7-11-28-23(26)27)29-19(32)15(25)8-5-6-10-24/h13-18H,5-12,24-25H2,1-4H3,(H,29,32)(H,30,34)(H,31,33)(H,35,36)(H4,26,27,28). The number of nitrogens with two attached hydrogens (primary N) is 4. The Kier molecular flexibility index (Phi) is 16.1. The second-order valence-corrected chi connectivity index (χ2v) is 9.66. The molecule has 0 fully saturated rings. The summed E-state index contributed by atoms with van der Waals surface area (Å²) in [6.45, 7) is 7.88. The molecule has 0 saturated carbocycles. The summed E-state index contributed by atoms with van der Waals surface area (Å²) in [7, 11) is 0. The fourth-order valence-corrected chi connectivity index (χ4v) is 3.43. The molecule has 208 valence electrons. The van der Waals surface area contributed by atoms with Gasteiger partial charge in [0.05, 0.1) is 6.04 Å². The molecule has 0 spiro atoms. The number of carboxylic acids is 1. The predicted molar refractivity (Wildman–Crippen MR) is 139 cm³/mol. The van der Waals surface area contributed by atoms with E-state index in [2.05, 4.69) is 20.9 Å². The van der Waals surface area contributed by atoms with Gasteiger partial charge in [-0.25, -0.2) is 4.79 Å². The fraction of sp³-hybridized carbons (Fsp3) is 0.783. The summed E-state index contributed by atoms with van der Waals surface area (Å²) in [5.41, 5.74) is 22.1. The van der Waals surface area contributed by atoms with Crippen molar-refractivity contribution in [3.8, 4) is 0 Å². The van der Waals surface area contributed by atoms with Crippen LogP contribution < -0.4 is 38.9 Å². The van der Waals surface area contributed by atoms with Crippen LogP contribution in [0.25, 0.3) is 0 Å². The molecule has 0 rings (SSSR count). The Balaban J connectivity index is 5.48. The van der Waals surface area contributed by atoms with Crippen molar-refractivity contribution in [2.24, 2.45) is 39.8 Å². The maximum atomic E-state index is 13.1. The van der Waals surface area contributed by atoms with Crippen molar-refractivity contribution in [2.45, 2.75) is 90.4 Å². The molecule has 12 N–H and O–H groups in total. The number of unbranched alkanes of at least 4 members (excludes halogenated alkanes) is 1. The molecule has 0 aliphatic carbocycles. The van der Waals surface area contributed by atoms with E-state index in [0.717, 1.165) is 6.42 Å². The molecular formula is C23H46N8O5. The molecule has 13 heteroatoms. The van der Waals surface area contributed by atoms with Crippen LogP contribution in [0.2, 0.25) is 0 Å². The lowest BCUT2D eigenvalue weighted by Crippen LogP contribution is -2.58. The number of carbonyl (C=O) groups excluding carboxylic acids is 3. The lowest BCUT2D eigenvalue weighted by atomic mass is 9.99. The van der Waals surface area contributed by atoms with Gasteiger partial charge >= 0.3 is 5.97 Å². The summed E-state index contributed by atoms with van der Waals surface area (Å²) < 4.78 is 0. The van der Waals surface area contributed by atoms with Crippen molar-refractivity contribution in [1.82, 2.24) is 16.0 Å². The van der Waals surface area contributed by atoms with E-state index in [1.807, 2.05) is 13.8 Å². The van der Waals surface area contributed by atoms with E-state index >= 15 is 0 Å². The third-order valence-electron chi connectivity index (χ3n) is 5.45. The Labute approximate surface area is 213 Å². The van der Waals surface area contributed by atoms with Crippen LogP contribution in [-0.4, -0.2) is 72.0 Å². The van der Waals surface area contributed by atoms with Gasteiger partial charge in [-0.1, -0.05) is 34.1 Å². The number of rotatable bonds is 18. The van der Waals surface area contributed by atoms with Gasteiger partial charge in [0.25, 0.3) is 0 Å². The highest BCUT2D eigenvalue weighted by molar-refractivity contribution is 5.94. The zero-order valence-corrected chi connectivity index (χ0v) is 22.0. The Hall–Kier alpha value is -2.93. The minimum absolute atomic E-state index is 0.0392. The monoisotopic (exact) mass is 514 g/mol. The van der Waals surface area contributed by atoms with Crippen LogP contribution in [0.15, 0.2) is 4.99 Å². The zero-order valence-electron chi connectivity index (χ0n) is 22.0. The van der Waals surface area contributed by atoms with Crippen LogP contribution in [0.1, 0.15) is 66.2 Å². The molecule has 0 aromatic carbocycles. The fourth-order valence-electron chi connectivity index (χ4n) is 3.43. The van der Waals surface area contributed by atoms with E-state index in [1.165, 1.54) is 0 Å². The molecule has 0 saturated heterocycles. The van der Waals surface area contributed by atoms with E-state index < -0.39 is 47.9 Å². The molecule has 0 bridgehead atoms. The van der Waals surface area contributed by atoms with Crippen LogP contribution in [0.3, 0.4) is 0 Å². The predicted octanol–water partition coefficient (Wildman–Crippen LogP) is -1.26. The van der Waals surface area contributed by atoms with Crippen molar-refractivity contribution in [3.05, 3.63) is 0 Å². The van der Waals surface area contributed by atoms with Gasteiger partial charge in [-0.05, 0) is 50.5 Å². The highest BCUT2D eigenvalue weighted by Gasteiger charge is 2.32. The Morgan fingerprint density at radius 2 is 1.44 bits per heavy atom. The number of nitrogens with one attached hydrogen (secondary N) is 3. The molecule has 0 heterocycles. The van der Waals surface area contributed by atoms with E-state index in [4.69, 9.17) is 22.9 Å². The highest BCUT2D eigenvalue weighted by atomic mass is 16.4. The van der Waals surface area contributed by atoms with Crippen LogP contribution in [0.4, 0.5) is 0 Å². The maximum absolute atomic E-state index is 13.1. The van der Waals surface area contributed by atoms with Gasteiger partial charge in [0, 0.05) is 6.54 Å². The number of aliphatic carboxylic acids is 1. The van der Waals surface area contributed by atoms with E-state index in [9.17, 15) is 24.3 Å². The van der Waals surface area contributed by atoms with E-state index in [-0.39, 0.29) is 37.2 Å². The second kappa shape index (κ2) is 17.5. The van der Waals surface area contributed by atoms with Crippen LogP contribution in [0.5, 0.6) is 0 Å². The number of hydrogen-bond acceptors (Lipinski definition) is 7. The summed E-state index contributed by atoms with van der Waals surface area (Å²) in [6.07, 6.45) is 2.63. The normalized spacial score (nSPS) is 14.4. The molecule has 3 amide bonds. The average molecular weight is 515 g/mol. The highest BCUT2D eigenvalue weighted by Crippen LogP contribution is 2.09. The number of amides is 3. The topological polar surface area (TPSA) is 241 Å². The van der Waals surface area contributed by atoms with Crippen molar-refractivity contribution in [3.63, 3.8) is 0 Å². The summed E-state index contributed by atoms with van der Waals surface area (Å²) in [4.78, 5) is 54.1. The van der Waals surface area contributed by atoms with Gasteiger partial charge in [0.2, 0.25) is 17.7 Å². The third-order valence-corrected chi connectivity index (χ3v) is 5.45. The third kappa shape index (κ3) is 13.8. The lowest BCUT2D eigenvalue weighted by Gasteiger charge is -2.27. The first-order valence-electron chi connectivity index (χ1n) is 12.4. The van der Waals surface area contributed by atoms with E-state index in [1.54, 1.807) is 13.8 Å². The Morgan fingerprint density at radius 3 is 1.94 bits per heavy atom. The zero-order chi connectivity index (χ0) is 27.8. The summed E-state index contributed by atoms with van der Waals surface area (Å²) in [5.74, 6) is -3.26. The van der Waals surface area contributed by atoms with Crippen LogP contribution >= 0.6 is 0 Å². The van der Waals surface area contributed by atoms with Crippen LogP contribution in [0, 0.1) is 11.8 Å². The van der Waals surface area contributed by atoms with E-state index in [0.29, 0.717) is 25.8 Å². The van der Waals surface area contributed by atoms with Gasteiger partial charge in [-0.2, -0.15) is 0 Å². The Morgan fingerprint density at radius 1 is 0.833 bits per heavy atom. The van der Waals surface area contributed by atoms with Crippen molar-refractivity contribution < 1.29 is 24.3 Å². The number of carboxylic acid groups (broad SMARTS) is 1. The van der Waals surface area contributed by atoms with Crippen molar-refractivity contribution in [1.29, 1.82) is 0 Å². The average Bonchev–Trinajstić information content (AvgIpc) is 2.77. The van der Waals surface area contributed by atoms with Crippen molar-refractivity contribution >= 4 is 29.7 Å². The summed E-state index contributed by atoms with van der Waals surface area (Å²) in [6, 6.07) is -3.91. The van der Waals surface area contributed by atoms with Crippen molar-refractivity contribution in [2.75, 3.05) is 13.1 Å². The number of carbonyl (C=O) groups is 4. The summed E-state index contributed by atoms with van der Waals surface area (Å²) in [5, 5.41) is 17.3. The summed E-state index contributed by atoms with van der Waals surface area (Å²) >= 11 is 0. The number of nitrogens with zero attached hydrogens (tertiary/aromatic N) is 1. The largest absolute Gasteiger partial charge is 0.480 e. The van der Waals surface area contributed by atoms with Gasteiger partial charge in [0.1, 0.15) is 18.1 Å². The molecule has 0 aliphatic rings. The number of aliphatic imine (C=N–C) groups is 1. The molecule has 0 aromatic rings. The lowest BCUT2D eigenvalue weighted by molar-refractivity contribution is -0.143. The Bertz CT molecular complexity index is 740. The molecule has 36 heavy (non-hydrogen) atoms. The quantitative estimate of drug-likeness (QED) is 0.0617. The first-order chi connectivity index (χ1) is 16.8. The molecule has 0 aromatic heterocycles. The molecule has 13 nitrogen and oxygen atoms in total. The number of guanidine groups is 1. The first-order valence-corrected chi connectivity index (χ1v) is 12.4. The molecule has 4 unspecified atom stereocenters.